The Bertz CT molecular complexity index is 1280. The van der Waals surface area contributed by atoms with Crippen LogP contribution < -0.4 is 15.4 Å². The Balaban J connectivity index is 1.45. The minimum atomic E-state index is -0.380. The number of nitrogens with one attached hydrogen (secondary N) is 2. The third kappa shape index (κ3) is 4.93. The number of hydrogen-bond donors (Lipinski definition) is 2. The summed E-state index contributed by atoms with van der Waals surface area (Å²) >= 11 is 11.4. The van der Waals surface area contributed by atoms with E-state index in [1.807, 2.05) is 6.07 Å². The summed E-state index contributed by atoms with van der Waals surface area (Å²) in [7, 11) is 1.55. The number of anilines is 1. The highest BCUT2D eigenvalue weighted by molar-refractivity contribution is 7.80. The lowest BCUT2D eigenvalue weighted by Gasteiger charge is -2.07. The van der Waals surface area contributed by atoms with Crippen molar-refractivity contribution in [3.63, 3.8) is 0 Å². The van der Waals surface area contributed by atoms with Gasteiger partial charge in [-0.2, -0.15) is 0 Å². The quantitative estimate of drug-likeness (QED) is 0.314. The molecule has 0 aliphatic heterocycles. The molecule has 0 aliphatic carbocycles. The molecule has 0 radical (unpaired) electrons. The van der Waals surface area contributed by atoms with Gasteiger partial charge >= 0.3 is 0 Å². The van der Waals surface area contributed by atoms with Gasteiger partial charge in [0.05, 0.1) is 18.4 Å². The molecular formula is C22H16ClN3O4S. The Labute approximate surface area is 187 Å². The number of aromatic nitrogens is 1. The number of ether oxygens (including phenoxy) is 1. The first-order valence-electron chi connectivity index (χ1n) is 9.10. The van der Waals surface area contributed by atoms with Gasteiger partial charge in [-0.1, -0.05) is 11.6 Å². The van der Waals surface area contributed by atoms with Crippen LogP contribution in [0.25, 0.3) is 28.6 Å². The number of rotatable bonds is 5. The van der Waals surface area contributed by atoms with Crippen LogP contribution in [0.15, 0.2) is 69.7 Å². The van der Waals surface area contributed by atoms with Crippen LogP contribution in [0.1, 0.15) is 5.76 Å². The van der Waals surface area contributed by atoms with Gasteiger partial charge in [0.15, 0.2) is 10.7 Å². The standard InChI is InChI=1S/C22H16ClN3O4S/c1-28-18-7-4-13(11-16(18)23)21-25-17-12-14(5-8-19(17)30-21)24-22(31)26-20(27)9-6-15-3-2-10-29-15/h2-12H,1H3,(H2,24,26,27,31)/b9-6+. The molecule has 4 rings (SSSR count). The van der Waals surface area contributed by atoms with Crippen LogP contribution in [-0.2, 0) is 4.79 Å². The van der Waals surface area contributed by atoms with Crippen molar-refractivity contribution in [2.45, 2.75) is 0 Å². The Kier molecular flexibility index (Phi) is 6.01. The molecule has 2 heterocycles. The Morgan fingerprint density at radius 3 is 2.84 bits per heavy atom. The SMILES string of the molecule is COc1ccc(-c2nc3cc(NC(=S)NC(=O)/C=C/c4ccco4)ccc3o2)cc1Cl. The van der Waals surface area contributed by atoms with Gasteiger partial charge in [0.2, 0.25) is 11.8 Å². The van der Waals surface area contributed by atoms with Crippen LogP contribution in [-0.4, -0.2) is 23.1 Å². The topological polar surface area (TPSA) is 89.5 Å². The van der Waals surface area contributed by atoms with Crippen LogP contribution in [0.5, 0.6) is 5.75 Å². The van der Waals surface area contributed by atoms with Crippen molar-refractivity contribution in [1.82, 2.24) is 10.3 Å². The van der Waals surface area contributed by atoms with Crippen molar-refractivity contribution < 1.29 is 18.4 Å². The highest BCUT2D eigenvalue weighted by Gasteiger charge is 2.12. The van der Waals surface area contributed by atoms with E-state index in [9.17, 15) is 4.79 Å². The summed E-state index contributed by atoms with van der Waals surface area (Å²) in [6.45, 7) is 0. The van der Waals surface area contributed by atoms with Crippen LogP contribution in [0.4, 0.5) is 5.69 Å². The summed E-state index contributed by atoms with van der Waals surface area (Å²) in [4.78, 5) is 16.5. The second kappa shape index (κ2) is 9.03. The smallest absolute Gasteiger partial charge is 0.250 e. The van der Waals surface area contributed by atoms with Gasteiger partial charge < -0.3 is 18.9 Å². The lowest BCUT2D eigenvalue weighted by molar-refractivity contribution is -0.115. The van der Waals surface area contributed by atoms with Gasteiger partial charge in [-0.05, 0) is 66.8 Å². The van der Waals surface area contributed by atoms with Crippen LogP contribution in [0.2, 0.25) is 5.02 Å². The maximum Gasteiger partial charge on any atom is 0.250 e. The first kappa shape index (κ1) is 20.6. The zero-order valence-electron chi connectivity index (χ0n) is 16.2. The number of carbonyl (C=O) groups is 1. The number of hydrogen-bond acceptors (Lipinski definition) is 6. The number of carbonyl (C=O) groups excluding carboxylic acids is 1. The number of nitrogens with zero attached hydrogens (tertiary/aromatic N) is 1. The molecule has 0 fully saturated rings. The van der Waals surface area contributed by atoms with Crippen LogP contribution in [0.3, 0.4) is 0 Å². The number of amides is 1. The molecule has 0 spiro atoms. The van der Waals surface area contributed by atoms with E-state index in [1.54, 1.807) is 55.7 Å². The monoisotopic (exact) mass is 453 g/mol. The second-order valence-corrected chi connectivity index (χ2v) is 7.16. The maximum absolute atomic E-state index is 12.0. The van der Waals surface area contributed by atoms with Crippen molar-refractivity contribution in [2.75, 3.05) is 12.4 Å². The molecule has 1 amide bonds. The molecule has 2 aromatic carbocycles. The number of furan rings is 1. The average molecular weight is 454 g/mol. The Hall–Kier alpha value is -3.62. The molecule has 2 aromatic heterocycles. The van der Waals surface area contributed by atoms with E-state index < -0.39 is 0 Å². The fraction of sp³-hybridized carbons (Fsp3) is 0.0455. The van der Waals surface area contributed by atoms with Gasteiger partial charge in [-0.25, -0.2) is 4.98 Å². The Morgan fingerprint density at radius 1 is 1.23 bits per heavy atom. The minimum Gasteiger partial charge on any atom is -0.495 e. The van der Waals surface area contributed by atoms with Crippen molar-refractivity contribution in [1.29, 1.82) is 0 Å². The van der Waals surface area contributed by atoms with Gasteiger partial charge in [-0.15, -0.1) is 0 Å². The van der Waals surface area contributed by atoms with Gasteiger partial charge in [0.25, 0.3) is 0 Å². The molecule has 2 N–H and O–H groups in total. The minimum absolute atomic E-state index is 0.152. The van der Waals surface area contributed by atoms with E-state index >= 15 is 0 Å². The third-order valence-electron chi connectivity index (χ3n) is 4.22. The highest BCUT2D eigenvalue weighted by atomic mass is 35.5. The van der Waals surface area contributed by atoms with Crippen molar-refractivity contribution in [2.24, 2.45) is 0 Å². The number of methoxy groups -OCH3 is 1. The van der Waals surface area contributed by atoms with Gasteiger partial charge in [0.1, 0.15) is 17.0 Å². The second-order valence-electron chi connectivity index (χ2n) is 6.34. The fourth-order valence-corrected chi connectivity index (χ4v) is 3.26. The third-order valence-corrected chi connectivity index (χ3v) is 4.72. The first-order chi connectivity index (χ1) is 15.0. The predicted molar refractivity (Wildman–Crippen MR) is 123 cm³/mol. The normalized spacial score (nSPS) is 11.0. The zero-order chi connectivity index (χ0) is 21.8. The molecule has 4 aromatic rings. The number of benzene rings is 2. The number of oxazole rings is 1. The summed E-state index contributed by atoms with van der Waals surface area (Å²) in [6, 6.07) is 14.1. The fourth-order valence-electron chi connectivity index (χ4n) is 2.79. The highest BCUT2D eigenvalue weighted by Crippen LogP contribution is 2.32. The summed E-state index contributed by atoms with van der Waals surface area (Å²) in [5, 5.41) is 6.14. The lowest BCUT2D eigenvalue weighted by atomic mass is 10.2. The molecule has 0 unspecified atom stereocenters. The molecule has 0 atom stereocenters. The van der Waals surface area contributed by atoms with Crippen LogP contribution in [0, 0.1) is 0 Å². The average Bonchev–Trinajstić information content (AvgIpc) is 3.41. The zero-order valence-corrected chi connectivity index (χ0v) is 17.8. The molecular weight excluding hydrogens is 438 g/mol. The molecule has 7 nitrogen and oxygen atoms in total. The summed E-state index contributed by atoms with van der Waals surface area (Å²) in [5.41, 5.74) is 2.60. The molecule has 0 saturated heterocycles. The summed E-state index contributed by atoms with van der Waals surface area (Å²) in [5.74, 6) is 1.19. The molecule has 0 bridgehead atoms. The number of halogens is 1. The van der Waals surface area contributed by atoms with Crippen LogP contribution >= 0.6 is 23.8 Å². The van der Waals surface area contributed by atoms with Gasteiger partial charge in [-0.3, -0.25) is 10.1 Å². The molecule has 0 aliphatic rings. The van der Waals surface area contributed by atoms with E-state index in [0.717, 1.165) is 5.56 Å². The van der Waals surface area contributed by atoms with Crippen molar-refractivity contribution in [3.05, 3.63) is 71.7 Å². The predicted octanol–water partition coefficient (Wildman–Crippen LogP) is 5.28. The Morgan fingerprint density at radius 2 is 2.10 bits per heavy atom. The van der Waals surface area contributed by atoms with E-state index in [2.05, 4.69) is 15.6 Å². The van der Waals surface area contributed by atoms with E-state index in [0.29, 0.717) is 39.2 Å². The lowest BCUT2D eigenvalue weighted by Crippen LogP contribution is -2.32. The summed E-state index contributed by atoms with van der Waals surface area (Å²) in [6.07, 6.45) is 4.41. The number of fused-ring (bicyclic) bond motifs is 1. The molecule has 0 saturated carbocycles. The molecule has 156 valence electrons. The first-order valence-corrected chi connectivity index (χ1v) is 9.88. The molecule has 9 heteroatoms. The molecule has 31 heavy (non-hydrogen) atoms. The summed E-state index contributed by atoms with van der Waals surface area (Å²) < 4.78 is 16.1. The number of thiocarbonyl (C=S) groups is 1. The van der Waals surface area contributed by atoms with E-state index in [4.69, 9.17) is 37.4 Å². The largest absolute Gasteiger partial charge is 0.495 e. The van der Waals surface area contributed by atoms with Crippen molar-refractivity contribution >= 4 is 57.7 Å². The van der Waals surface area contributed by atoms with Crippen molar-refractivity contribution in [3.8, 4) is 17.2 Å². The van der Waals surface area contributed by atoms with E-state index in [-0.39, 0.29) is 11.0 Å². The van der Waals surface area contributed by atoms with E-state index in [1.165, 1.54) is 12.3 Å². The van der Waals surface area contributed by atoms with Gasteiger partial charge in [0, 0.05) is 17.3 Å². The maximum atomic E-state index is 12.0.